The van der Waals surface area contributed by atoms with Crippen LogP contribution in [0.25, 0.3) is 0 Å². The molecule has 0 saturated heterocycles. The van der Waals surface area contributed by atoms with E-state index in [4.69, 9.17) is 4.74 Å². The maximum atomic E-state index is 13.3. The van der Waals surface area contributed by atoms with E-state index in [1.165, 1.54) is 44.1 Å². The van der Waals surface area contributed by atoms with E-state index in [0.717, 1.165) is 44.4 Å². The van der Waals surface area contributed by atoms with Crippen molar-refractivity contribution in [1.82, 2.24) is 0 Å². The first-order valence-electron chi connectivity index (χ1n) is 15.1. The Bertz CT molecular complexity index is 851. The summed E-state index contributed by atoms with van der Waals surface area (Å²) >= 11 is 0. The molecule has 8 atom stereocenters. The number of unbranched alkanes of at least 4 members (excludes halogenated alkanes) is 1. The van der Waals surface area contributed by atoms with Crippen molar-refractivity contribution in [1.29, 1.82) is 0 Å². The molecule has 0 aromatic rings. The third-order valence-electron chi connectivity index (χ3n) is 11.9. The fourth-order valence-corrected chi connectivity index (χ4v) is 10.1. The standard InChI is InChI=1S/C32H50O3/c1-6-7-8-22-9-11-23(12-10-22)30(34)35-27-14-13-26-28-20(2)17-24-18-25(33)15-16-31(24,4)29(28)21(3)19-32(26,27)5/h18,20-23,26-29H,6-17,19H2,1-5H3/t20-,21+,22?,23?,26?,27+,28?,29?,31+,32+/m1/s1. The van der Waals surface area contributed by atoms with Crippen LogP contribution in [-0.2, 0) is 14.3 Å². The molecule has 3 nitrogen and oxygen atoms in total. The van der Waals surface area contributed by atoms with E-state index in [9.17, 15) is 9.59 Å². The molecule has 4 fully saturated rings. The van der Waals surface area contributed by atoms with Gasteiger partial charge in [0.1, 0.15) is 6.10 Å². The number of hydrogen-bond donors (Lipinski definition) is 0. The van der Waals surface area contributed by atoms with Gasteiger partial charge in [-0.25, -0.2) is 0 Å². The van der Waals surface area contributed by atoms with Gasteiger partial charge in [-0.15, -0.1) is 0 Å². The second-order valence-electron chi connectivity index (χ2n) is 14.0. The molecule has 0 N–H and O–H groups in total. The monoisotopic (exact) mass is 482 g/mol. The van der Waals surface area contributed by atoms with E-state index >= 15 is 0 Å². The van der Waals surface area contributed by atoms with Crippen molar-refractivity contribution in [3.05, 3.63) is 11.6 Å². The molecule has 0 amide bonds. The molecule has 0 spiro atoms. The average Bonchev–Trinajstić information content (AvgIpc) is 3.14. The van der Waals surface area contributed by atoms with Crippen LogP contribution in [-0.4, -0.2) is 17.9 Å². The lowest BCUT2D eigenvalue weighted by Gasteiger charge is -2.62. The predicted octanol–water partition coefficient (Wildman–Crippen LogP) is 7.92. The first kappa shape index (κ1) is 25.5. The Morgan fingerprint density at radius 1 is 1.06 bits per heavy atom. The first-order chi connectivity index (χ1) is 16.7. The summed E-state index contributed by atoms with van der Waals surface area (Å²) in [5.41, 5.74) is 1.72. The van der Waals surface area contributed by atoms with Crippen LogP contribution in [0.1, 0.15) is 118 Å². The zero-order valence-electron chi connectivity index (χ0n) is 23.1. The van der Waals surface area contributed by atoms with Crippen LogP contribution in [0.5, 0.6) is 0 Å². The highest BCUT2D eigenvalue weighted by Crippen LogP contribution is 2.68. The topological polar surface area (TPSA) is 43.4 Å². The molecule has 5 rings (SSSR count). The van der Waals surface area contributed by atoms with E-state index in [1.807, 2.05) is 6.08 Å². The van der Waals surface area contributed by atoms with E-state index in [0.29, 0.717) is 41.8 Å². The van der Waals surface area contributed by atoms with Crippen LogP contribution < -0.4 is 0 Å². The summed E-state index contributed by atoms with van der Waals surface area (Å²) in [6.07, 6.45) is 16.7. The highest BCUT2D eigenvalue weighted by molar-refractivity contribution is 5.91. The maximum Gasteiger partial charge on any atom is 0.309 e. The Hall–Kier alpha value is -1.12. The fourth-order valence-electron chi connectivity index (χ4n) is 10.1. The summed E-state index contributed by atoms with van der Waals surface area (Å²) in [5, 5.41) is 0. The number of carbonyl (C=O) groups excluding carboxylic acids is 2. The largest absolute Gasteiger partial charge is 0.462 e. The van der Waals surface area contributed by atoms with Crippen LogP contribution in [0.2, 0.25) is 0 Å². The summed E-state index contributed by atoms with van der Waals surface area (Å²) < 4.78 is 6.45. The molecule has 0 bridgehead atoms. The van der Waals surface area contributed by atoms with Crippen LogP contribution >= 0.6 is 0 Å². The van der Waals surface area contributed by atoms with Crippen molar-refractivity contribution in [2.24, 2.45) is 52.3 Å². The Kier molecular flexibility index (Phi) is 7.03. The molecule has 5 aliphatic rings. The van der Waals surface area contributed by atoms with Crippen molar-refractivity contribution in [2.75, 3.05) is 0 Å². The zero-order chi connectivity index (χ0) is 25.0. The lowest BCUT2D eigenvalue weighted by Crippen LogP contribution is -2.57. The van der Waals surface area contributed by atoms with Crippen LogP contribution in [0.4, 0.5) is 0 Å². The van der Waals surface area contributed by atoms with Gasteiger partial charge in [0.25, 0.3) is 0 Å². The SMILES string of the molecule is CCCCC1CCC(C(=O)O[C@H]2CCC3C4C([C@@H](C)C[C@@]32C)[C@@]2(C)CCC(=O)C=C2C[C@H]4C)CC1. The number of hydrogen-bond acceptors (Lipinski definition) is 3. The smallest absolute Gasteiger partial charge is 0.309 e. The summed E-state index contributed by atoms with van der Waals surface area (Å²) in [6.45, 7) is 12.1. The van der Waals surface area contributed by atoms with Crippen molar-refractivity contribution in [2.45, 2.75) is 124 Å². The van der Waals surface area contributed by atoms with Gasteiger partial charge in [-0.05, 0) is 105 Å². The van der Waals surface area contributed by atoms with Crippen molar-refractivity contribution < 1.29 is 14.3 Å². The highest BCUT2D eigenvalue weighted by atomic mass is 16.5. The van der Waals surface area contributed by atoms with Gasteiger partial charge in [0.15, 0.2) is 5.78 Å². The molecule has 0 heterocycles. The van der Waals surface area contributed by atoms with Gasteiger partial charge >= 0.3 is 5.97 Å². The Balaban J connectivity index is 1.29. The van der Waals surface area contributed by atoms with Gasteiger partial charge in [0.05, 0.1) is 5.92 Å². The van der Waals surface area contributed by atoms with Crippen molar-refractivity contribution >= 4 is 11.8 Å². The predicted molar refractivity (Wildman–Crippen MR) is 141 cm³/mol. The van der Waals surface area contributed by atoms with Crippen LogP contribution in [0.15, 0.2) is 11.6 Å². The summed E-state index contributed by atoms with van der Waals surface area (Å²) in [6, 6.07) is 0. The van der Waals surface area contributed by atoms with E-state index in [1.54, 1.807) is 0 Å². The third kappa shape index (κ3) is 4.35. The summed E-state index contributed by atoms with van der Waals surface area (Å²) in [7, 11) is 0. The molecule has 0 aromatic carbocycles. The number of rotatable bonds is 5. The molecular formula is C32H50O3. The van der Waals surface area contributed by atoms with E-state index in [-0.39, 0.29) is 28.8 Å². The number of esters is 1. The Labute approximate surface area is 214 Å². The van der Waals surface area contributed by atoms with Crippen molar-refractivity contribution in [3.8, 4) is 0 Å². The number of allylic oxidation sites excluding steroid dienone is 1. The summed E-state index contributed by atoms with van der Waals surface area (Å²) in [4.78, 5) is 25.6. The molecule has 3 heteroatoms. The molecule has 4 saturated carbocycles. The molecule has 3 unspecified atom stereocenters. The molecule has 196 valence electrons. The number of carbonyl (C=O) groups is 2. The van der Waals surface area contributed by atoms with E-state index < -0.39 is 0 Å². The second kappa shape index (κ2) is 9.64. The zero-order valence-corrected chi connectivity index (χ0v) is 23.1. The van der Waals surface area contributed by atoms with Gasteiger partial charge in [-0.2, -0.15) is 0 Å². The molecule has 0 radical (unpaired) electrons. The normalized spacial score (nSPS) is 47.3. The molecule has 0 aliphatic heterocycles. The van der Waals surface area contributed by atoms with Gasteiger partial charge in [0.2, 0.25) is 0 Å². The van der Waals surface area contributed by atoms with E-state index in [2.05, 4.69) is 34.6 Å². The highest BCUT2D eigenvalue weighted by Gasteiger charge is 2.63. The average molecular weight is 483 g/mol. The third-order valence-corrected chi connectivity index (χ3v) is 11.9. The maximum absolute atomic E-state index is 13.3. The fraction of sp³-hybridized carbons (Fsp3) is 0.875. The van der Waals surface area contributed by atoms with Gasteiger partial charge in [-0.3, -0.25) is 9.59 Å². The van der Waals surface area contributed by atoms with Gasteiger partial charge < -0.3 is 4.74 Å². The summed E-state index contributed by atoms with van der Waals surface area (Å²) in [5.74, 6) is 4.56. The van der Waals surface area contributed by atoms with Gasteiger partial charge in [0, 0.05) is 11.8 Å². The first-order valence-corrected chi connectivity index (χ1v) is 15.1. The quantitative estimate of drug-likeness (QED) is 0.374. The molecule has 5 aliphatic carbocycles. The molecular weight excluding hydrogens is 432 g/mol. The second-order valence-corrected chi connectivity index (χ2v) is 14.0. The number of ketones is 1. The lowest BCUT2D eigenvalue weighted by molar-refractivity contribution is -0.171. The number of ether oxygens (including phenoxy) is 1. The van der Waals surface area contributed by atoms with Crippen LogP contribution in [0, 0.1) is 52.3 Å². The minimum absolute atomic E-state index is 0.0890. The Morgan fingerprint density at radius 3 is 2.51 bits per heavy atom. The van der Waals surface area contributed by atoms with Crippen molar-refractivity contribution in [3.63, 3.8) is 0 Å². The molecule has 35 heavy (non-hydrogen) atoms. The van der Waals surface area contributed by atoms with Crippen LogP contribution in [0.3, 0.4) is 0 Å². The Morgan fingerprint density at radius 2 is 1.80 bits per heavy atom. The minimum Gasteiger partial charge on any atom is -0.462 e. The number of fused-ring (bicyclic) bond motifs is 5. The molecule has 0 aromatic heterocycles. The minimum atomic E-state index is 0.0890. The van der Waals surface area contributed by atoms with Gasteiger partial charge in [-0.1, -0.05) is 59.5 Å². The lowest BCUT2D eigenvalue weighted by atomic mass is 9.43.